The van der Waals surface area contributed by atoms with E-state index in [1.54, 1.807) is 4.90 Å². The molecule has 3 rings (SSSR count). The summed E-state index contributed by atoms with van der Waals surface area (Å²) >= 11 is 5.76. The predicted molar refractivity (Wildman–Crippen MR) is 92.5 cm³/mol. The predicted octanol–water partition coefficient (Wildman–Crippen LogP) is 3.29. The van der Waals surface area contributed by atoms with Gasteiger partial charge in [-0.2, -0.15) is 4.98 Å². The molecule has 1 N–H and O–H groups in total. The van der Waals surface area contributed by atoms with E-state index >= 15 is 0 Å². The molecule has 1 saturated heterocycles. The van der Waals surface area contributed by atoms with Gasteiger partial charge in [0, 0.05) is 24.7 Å². The van der Waals surface area contributed by atoms with Gasteiger partial charge < -0.3 is 15.0 Å². The molecule has 2 aromatic rings. The van der Waals surface area contributed by atoms with E-state index in [1.165, 1.54) is 12.4 Å². The van der Waals surface area contributed by atoms with Crippen LogP contribution in [0.2, 0.25) is 5.15 Å². The second kappa shape index (κ2) is 7.05. The Morgan fingerprint density at radius 1 is 1.29 bits per heavy atom. The second-order valence-corrected chi connectivity index (χ2v) is 6.46. The highest BCUT2D eigenvalue weighted by atomic mass is 35.5. The molecule has 0 bridgehead atoms. The summed E-state index contributed by atoms with van der Waals surface area (Å²) in [5.41, 5.74) is 3.08. The molecule has 0 atom stereocenters. The van der Waals surface area contributed by atoms with Crippen molar-refractivity contribution in [3.63, 3.8) is 0 Å². The van der Waals surface area contributed by atoms with Gasteiger partial charge in [0.25, 0.3) is 0 Å². The molecule has 0 saturated carbocycles. The van der Waals surface area contributed by atoms with E-state index < -0.39 is 0 Å². The van der Waals surface area contributed by atoms with E-state index in [2.05, 4.69) is 21.4 Å². The lowest BCUT2D eigenvalue weighted by Gasteiger charge is -2.38. The average Bonchev–Trinajstić information content (AvgIpc) is 2.44. The molecule has 0 aliphatic carbocycles. The van der Waals surface area contributed by atoms with Gasteiger partial charge in [-0.25, -0.2) is 4.79 Å². The smallest absolute Gasteiger partial charge is 0.321 e. The summed E-state index contributed by atoms with van der Waals surface area (Å²) in [6, 6.07) is 5.91. The first-order chi connectivity index (χ1) is 11.5. The van der Waals surface area contributed by atoms with Crippen molar-refractivity contribution in [3.8, 4) is 5.88 Å². The SMILES string of the molecule is Cc1cc(C)cc(NC(=O)N2CC(COc3cncc(Cl)n3)C2)c1. The van der Waals surface area contributed by atoms with Gasteiger partial charge in [0.1, 0.15) is 0 Å². The van der Waals surface area contributed by atoms with E-state index in [4.69, 9.17) is 16.3 Å². The lowest BCUT2D eigenvalue weighted by atomic mass is 10.0. The van der Waals surface area contributed by atoms with Crippen LogP contribution in [0.15, 0.2) is 30.6 Å². The Labute approximate surface area is 145 Å². The van der Waals surface area contributed by atoms with Crippen molar-refractivity contribution in [2.45, 2.75) is 13.8 Å². The summed E-state index contributed by atoms with van der Waals surface area (Å²) in [5.74, 6) is 0.691. The summed E-state index contributed by atoms with van der Waals surface area (Å²) in [4.78, 5) is 21.9. The zero-order valence-electron chi connectivity index (χ0n) is 13.6. The molecular formula is C17H19ClN4O2. The maximum Gasteiger partial charge on any atom is 0.321 e. The van der Waals surface area contributed by atoms with Crippen molar-refractivity contribution in [2.75, 3.05) is 25.0 Å². The van der Waals surface area contributed by atoms with Gasteiger partial charge in [-0.15, -0.1) is 0 Å². The largest absolute Gasteiger partial charge is 0.476 e. The van der Waals surface area contributed by atoms with Crippen LogP contribution in [0.25, 0.3) is 0 Å². The molecule has 1 aliphatic heterocycles. The van der Waals surface area contributed by atoms with Crippen molar-refractivity contribution >= 4 is 23.3 Å². The summed E-state index contributed by atoms with van der Waals surface area (Å²) in [5, 5.41) is 3.24. The number of rotatable bonds is 4. The molecule has 0 radical (unpaired) electrons. The van der Waals surface area contributed by atoms with Crippen LogP contribution >= 0.6 is 11.6 Å². The number of carbonyl (C=O) groups excluding carboxylic acids is 1. The third-order valence-corrected chi connectivity index (χ3v) is 3.95. The van der Waals surface area contributed by atoms with Crippen molar-refractivity contribution in [3.05, 3.63) is 46.9 Å². The summed E-state index contributed by atoms with van der Waals surface area (Å²) < 4.78 is 5.55. The summed E-state index contributed by atoms with van der Waals surface area (Å²) in [6.45, 7) is 5.83. The number of urea groups is 1. The topological polar surface area (TPSA) is 67.4 Å². The Bertz CT molecular complexity index is 727. The summed E-state index contributed by atoms with van der Waals surface area (Å²) in [7, 11) is 0. The molecule has 1 aromatic heterocycles. The van der Waals surface area contributed by atoms with Crippen molar-refractivity contribution in [2.24, 2.45) is 5.92 Å². The molecule has 1 aliphatic rings. The highest BCUT2D eigenvalue weighted by Gasteiger charge is 2.31. The van der Waals surface area contributed by atoms with Gasteiger partial charge in [-0.3, -0.25) is 4.98 Å². The lowest BCUT2D eigenvalue weighted by molar-refractivity contribution is 0.0906. The molecule has 6 nitrogen and oxygen atoms in total. The molecule has 1 fully saturated rings. The lowest BCUT2D eigenvalue weighted by Crippen LogP contribution is -2.53. The maximum absolute atomic E-state index is 12.2. The molecule has 24 heavy (non-hydrogen) atoms. The number of nitrogens with one attached hydrogen (secondary N) is 1. The average molecular weight is 347 g/mol. The van der Waals surface area contributed by atoms with Crippen LogP contribution in [-0.4, -0.2) is 40.6 Å². The number of amides is 2. The third kappa shape index (κ3) is 4.14. The Morgan fingerprint density at radius 3 is 2.67 bits per heavy atom. The molecule has 126 valence electrons. The van der Waals surface area contributed by atoms with Gasteiger partial charge >= 0.3 is 6.03 Å². The van der Waals surface area contributed by atoms with Gasteiger partial charge in [0.15, 0.2) is 5.15 Å². The van der Waals surface area contributed by atoms with Crippen LogP contribution < -0.4 is 10.1 Å². The second-order valence-electron chi connectivity index (χ2n) is 6.07. The standard InChI is InChI=1S/C17H19ClN4O2/c1-11-3-12(2)5-14(4-11)20-17(23)22-8-13(9-22)10-24-16-7-19-6-15(18)21-16/h3-7,13H,8-10H2,1-2H3,(H,20,23). The van der Waals surface area contributed by atoms with Crippen LogP contribution in [0.3, 0.4) is 0 Å². The maximum atomic E-state index is 12.2. The molecule has 0 spiro atoms. The quantitative estimate of drug-likeness (QED) is 0.922. The fraction of sp³-hybridized carbons (Fsp3) is 0.353. The zero-order valence-corrected chi connectivity index (χ0v) is 14.4. The number of hydrogen-bond donors (Lipinski definition) is 1. The van der Waals surface area contributed by atoms with Gasteiger partial charge in [-0.1, -0.05) is 17.7 Å². The number of aryl methyl sites for hydroxylation is 2. The molecule has 2 heterocycles. The van der Waals surface area contributed by atoms with Crippen LogP contribution in [0.4, 0.5) is 10.5 Å². The molecule has 7 heteroatoms. The molecular weight excluding hydrogens is 328 g/mol. The number of anilines is 1. The highest BCUT2D eigenvalue weighted by molar-refractivity contribution is 6.29. The number of carbonyl (C=O) groups is 1. The first-order valence-corrected chi connectivity index (χ1v) is 8.12. The van der Waals surface area contributed by atoms with E-state index in [9.17, 15) is 4.79 Å². The number of ether oxygens (including phenoxy) is 1. The van der Waals surface area contributed by atoms with E-state index in [0.29, 0.717) is 30.7 Å². The highest BCUT2D eigenvalue weighted by Crippen LogP contribution is 2.20. The van der Waals surface area contributed by atoms with Gasteiger partial charge in [0.05, 0.1) is 19.0 Å². The first-order valence-electron chi connectivity index (χ1n) is 7.74. The minimum absolute atomic E-state index is 0.0844. The summed E-state index contributed by atoms with van der Waals surface area (Å²) in [6.07, 6.45) is 2.98. The number of aromatic nitrogens is 2. The number of halogens is 1. The first kappa shape index (κ1) is 16.5. The number of nitrogens with zero attached hydrogens (tertiary/aromatic N) is 3. The van der Waals surface area contributed by atoms with E-state index in [1.807, 2.05) is 26.0 Å². The Kier molecular flexibility index (Phi) is 4.85. The number of hydrogen-bond acceptors (Lipinski definition) is 4. The fourth-order valence-corrected chi connectivity index (χ4v) is 2.83. The molecule has 0 unspecified atom stereocenters. The Hall–Kier alpha value is -2.34. The third-order valence-electron chi connectivity index (χ3n) is 3.77. The molecule has 2 amide bonds. The normalized spacial score (nSPS) is 14.2. The molecule has 1 aromatic carbocycles. The van der Waals surface area contributed by atoms with E-state index in [0.717, 1.165) is 16.8 Å². The van der Waals surface area contributed by atoms with Gasteiger partial charge in [0.2, 0.25) is 5.88 Å². The monoisotopic (exact) mass is 346 g/mol. The van der Waals surface area contributed by atoms with E-state index in [-0.39, 0.29) is 11.9 Å². The van der Waals surface area contributed by atoms with Crippen molar-refractivity contribution < 1.29 is 9.53 Å². The van der Waals surface area contributed by atoms with Gasteiger partial charge in [-0.05, 0) is 37.1 Å². The van der Waals surface area contributed by atoms with Crippen LogP contribution in [0.5, 0.6) is 5.88 Å². The van der Waals surface area contributed by atoms with Crippen LogP contribution in [0, 0.1) is 19.8 Å². The number of benzene rings is 1. The van der Waals surface area contributed by atoms with Crippen LogP contribution in [0.1, 0.15) is 11.1 Å². The zero-order chi connectivity index (χ0) is 17.1. The minimum Gasteiger partial charge on any atom is -0.476 e. The van der Waals surface area contributed by atoms with Crippen molar-refractivity contribution in [1.29, 1.82) is 0 Å². The minimum atomic E-state index is -0.0844. The fourth-order valence-electron chi connectivity index (χ4n) is 2.69. The van der Waals surface area contributed by atoms with Crippen LogP contribution in [-0.2, 0) is 0 Å². The van der Waals surface area contributed by atoms with Crippen molar-refractivity contribution in [1.82, 2.24) is 14.9 Å². The number of likely N-dealkylation sites (tertiary alicyclic amines) is 1. The Morgan fingerprint density at radius 2 is 2.00 bits per heavy atom. The Balaban J connectivity index is 1.45.